The summed E-state index contributed by atoms with van der Waals surface area (Å²) in [6.07, 6.45) is 0.367. The van der Waals surface area contributed by atoms with Crippen LogP contribution in [0.3, 0.4) is 0 Å². The average molecular weight is 308 g/mol. The Bertz CT molecular complexity index is 436. The van der Waals surface area contributed by atoms with Crippen LogP contribution in [0.1, 0.15) is 5.56 Å². The standard InChI is InChI=1S/C17H24O5/c1-4-10-20-17-16(19-3)15(14(18-2)12-22-17)21-11-13-8-6-5-7-9-13/h4-9,14-17H,1,10-12H2,2-3H3/t14-,15+,16-,17+/m0/s1. The molecule has 4 atom stereocenters. The van der Waals surface area contributed by atoms with Gasteiger partial charge < -0.3 is 23.7 Å². The van der Waals surface area contributed by atoms with E-state index in [0.29, 0.717) is 19.8 Å². The van der Waals surface area contributed by atoms with Crippen LogP contribution in [-0.4, -0.2) is 52.0 Å². The molecule has 0 spiro atoms. The van der Waals surface area contributed by atoms with E-state index in [1.54, 1.807) is 20.3 Å². The summed E-state index contributed by atoms with van der Waals surface area (Å²) in [5.74, 6) is 0. The molecule has 1 aromatic rings. The predicted octanol–water partition coefficient (Wildman–Crippen LogP) is 2.16. The quantitative estimate of drug-likeness (QED) is 0.689. The first-order valence-electron chi connectivity index (χ1n) is 7.35. The van der Waals surface area contributed by atoms with E-state index >= 15 is 0 Å². The molecule has 2 rings (SSSR count). The van der Waals surface area contributed by atoms with Crippen molar-refractivity contribution >= 4 is 0 Å². The predicted molar refractivity (Wildman–Crippen MR) is 82.5 cm³/mol. The summed E-state index contributed by atoms with van der Waals surface area (Å²) in [6.45, 7) is 4.93. The van der Waals surface area contributed by atoms with Gasteiger partial charge in [0.25, 0.3) is 0 Å². The fourth-order valence-corrected chi connectivity index (χ4v) is 2.47. The molecule has 0 bridgehead atoms. The molecule has 0 amide bonds. The van der Waals surface area contributed by atoms with Crippen molar-refractivity contribution in [2.24, 2.45) is 0 Å². The van der Waals surface area contributed by atoms with Crippen molar-refractivity contribution in [3.05, 3.63) is 48.6 Å². The molecular weight excluding hydrogens is 284 g/mol. The van der Waals surface area contributed by atoms with Crippen LogP contribution in [0.25, 0.3) is 0 Å². The molecule has 0 radical (unpaired) electrons. The maximum absolute atomic E-state index is 6.05. The second kappa shape index (κ2) is 9.02. The molecule has 1 fully saturated rings. The summed E-state index contributed by atoms with van der Waals surface area (Å²) in [5, 5.41) is 0. The summed E-state index contributed by atoms with van der Waals surface area (Å²) < 4.78 is 28.3. The monoisotopic (exact) mass is 308 g/mol. The van der Waals surface area contributed by atoms with Gasteiger partial charge in [0.2, 0.25) is 0 Å². The molecule has 0 unspecified atom stereocenters. The number of methoxy groups -OCH3 is 2. The van der Waals surface area contributed by atoms with Gasteiger partial charge in [0.15, 0.2) is 6.29 Å². The van der Waals surface area contributed by atoms with Crippen LogP contribution in [0.2, 0.25) is 0 Å². The third-order valence-corrected chi connectivity index (χ3v) is 3.62. The zero-order valence-electron chi connectivity index (χ0n) is 13.1. The Morgan fingerprint density at radius 3 is 2.55 bits per heavy atom. The molecule has 122 valence electrons. The highest BCUT2D eigenvalue weighted by Crippen LogP contribution is 2.24. The SMILES string of the molecule is C=CCO[C@@H]1OC[C@H](OC)[C@@H](OCc2ccccc2)[C@@H]1OC. The fourth-order valence-electron chi connectivity index (χ4n) is 2.47. The molecule has 0 N–H and O–H groups in total. The number of hydrogen-bond acceptors (Lipinski definition) is 5. The fraction of sp³-hybridized carbons (Fsp3) is 0.529. The van der Waals surface area contributed by atoms with Crippen LogP contribution in [0.4, 0.5) is 0 Å². The van der Waals surface area contributed by atoms with E-state index < -0.39 is 6.29 Å². The van der Waals surface area contributed by atoms with Gasteiger partial charge in [0.05, 0.1) is 19.8 Å². The summed E-state index contributed by atoms with van der Waals surface area (Å²) >= 11 is 0. The van der Waals surface area contributed by atoms with Gasteiger partial charge in [0.1, 0.15) is 18.3 Å². The Morgan fingerprint density at radius 1 is 1.14 bits per heavy atom. The zero-order valence-corrected chi connectivity index (χ0v) is 13.1. The number of rotatable bonds is 8. The first kappa shape index (κ1) is 17.1. The second-order valence-electron chi connectivity index (χ2n) is 5.06. The van der Waals surface area contributed by atoms with Crippen molar-refractivity contribution in [1.29, 1.82) is 0 Å². The van der Waals surface area contributed by atoms with Crippen LogP contribution in [0.15, 0.2) is 43.0 Å². The van der Waals surface area contributed by atoms with Crippen molar-refractivity contribution in [3.8, 4) is 0 Å². The average Bonchev–Trinajstić information content (AvgIpc) is 2.58. The first-order chi connectivity index (χ1) is 10.8. The van der Waals surface area contributed by atoms with Gasteiger partial charge in [-0.3, -0.25) is 0 Å². The maximum atomic E-state index is 6.05. The molecule has 1 aromatic carbocycles. The van der Waals surface area contributed by atoms with E-state index in [-0.39, 0.29) is 18.3 Å². The van der Waals surface area contributed by atoms with Gasteiger partial charge in [-0.2, -0.15) is 0 Å². The molecule has 22 heavy (non-hydrogen) atoms. The highest BCUT2D eigenvalue weighted by Gasteiger charge is 2.42. The van der Waals surface area contributed by atoms with Crippen molar-refractivity contribution in [1.82, 2.24) is 0 Å². The van der Waals surface area contributed by atoms with Gasteiger partial charge in [-0.05, 0) is 5.56 Å². The van der Waals surface area contributed by atoms with E-state index in [4.69, 9.17) is 23.7 Å². The number of ether oxygens (including phenoxy) is 5. The van der Waals surface area contributed by atoms with Gasteiger partial charge >= 0.3 is 0 Å². The minimum atomic E-state index is -0.491. The second-order valence-corrected chi connectivity index (χ2v) is 5.06. The molecule has 1 aliphatic heterocycles. The highest BCUT2D eigenvalue weighted by molar-refractivity contribution is 5.13. The topological polar surface area (TPSA) is 46.2 Å². The Kier molecular flexibility index (Phi) is 7.02. The molecule has 0 saturated carbocycles. The van der Waals surface area contributed by atoms with Crippen molar-refractivity contribution in [3.63, 3.8) is 0 Å². The lowest BCUT2D eigenvalue weighted by atomic mass is 10.0. The lowest BCUT2D eigenvalue weighted by Crippen LogP contribution is -2.56. The van der Waals surface area contributed by atoms with E-state index in [9.17, 15) is 0 Å². The van der Waals surface area contributed by atoms with Crippen LogP contribution in [0.5, 0.6) is 0 Å². The summed E-state index contributed by atoms with van der Waals surface area (Å²) in [6, 6.07) is 10.00. The van der Waals surface area contributed by atoms with E-state index in [0.717, 1.165) is 5.56 Å². The highest BCUT2D eigenvalue weighted by atomic mass is 16.7. The minimum absolute atomic E-state index is 0.197. The van der Waals surface area contributed by atoms with Gasteiger partial charge in [0, 0.05) is 14.2 Å². The molecule has 1 heterocycles. The molecule has 0 aromatic heterocycles. The summed E-state index contributed by atoms with van der Waals surface area (Å²) in [5.41, 5.74) is 1.10. The maximum Gasteiger partial charge on any atom is 0.186 e. The third-order valence-electron chi connectivity index (χ3n) is 3.62. The molecular formula is C17H24O5. The lowest BCUT2D eigenvalue weighted by Gasteiger charge is -2.40. The van der Waals surface area contributed by atoms with Crippen molar-refractivity contribution in [2.45, 2.75) is 31.2 Å². The first-order valence-corrected chi connectivity index (χ1v) is 7.35. The number of benzene rings is 1. The number of hydrogen-bond donors (Lipinski definition) is 0. The molecule has 5 heteroatoms. The van der Waals surface area contributed by atoms with Crippen LogP contribution >= 0.6 is 0 Å². The Labute approximate surface area is 131 Å². The molecule has 1 saturated heterocycles. The minimum Gasteiger partial charge on any atom is -0.376 e. The van der Waals surface area contributed by atoms with Crippen molar-refractivity contribution < 1.29 is 23.7 Å². The molecule has 5 nitrogen and oxygen atoms in total. The Balaban J connectivity index is 2.02. The van der Waals surface area contributed by atoms with Crippen LogP contribution in [0, 0.1) is 0 Å². The van der Waals surface area contributed by atoms with E-state index in [1.807, 2.05) is 30.3 Å². The Hall–Kier alpha value is -1.24. The largest absolute Gasteiger partial charge is 0.376 e. The normalized spacial score (nSPS) is 28.5. The summed E-state index contributed by atoms with van der Waals surface area (Å²) in [7, 11) is 3.26. The van der Waals surface area contributed by atoms with Gasteiger partial charge in [-0.25, -0.2) is 0 Å². The smallest absolute Gasteiger partial charge is 0.186 e. The zero-order chi connectivity index (χ0) is 15.8. The van der Waals surface area contributed by atoms with Crippen LogP contribution < -0.4 is 0 Å². The molecule has 1 aliphatic rings. The van der Waals surface area contributed by atoms with E-state index in [1.165, 1.54) is 0 Å². The van der Waals surface area contributed by atoms with Crippen molar-refractivity contribution in [2.75, 3.05) is 27.4 Å². The van der Waals surface area contributed by atoms with Gasteiger partial charge in [-0.15, -0.1) is 6.58 Å². The third kappa shape index (κ3) is 4.38. The molecule has 0 aliphatic carbocycles. The summed E-state index contributed by atoms with van der Waals surface area (Å²) in [4.78, 5) is 0. The lowest BCUT2D eigenvalue weighted by molar-refractivity contribution is -0.286. The van der Waals surface area contributed by atoms with E-state index in [2.05, 4.69) is 6.58 Å². The van der Waals surface area contributed by atoms with Crippen LogP contribution in [-0.2, 0) is 30.3 Å². The van der Waals surface area contributed by atoms with Gasteiger partial charge in [-0.1, -0.05) is 36.4 Å². The Morgan fingerprint density at radius 2 is 1.91 bits per heavy atom.